The molecule has 3 N–H and O–H groups in total. The minimum Gasteiger partial charge on any atom is -0.370 e. The molecule has 2 aromatic rings. The summed E-state index contributed by atoms with van der Waals surface area (Å²) < 4.78 is 0.838. The van der Waals surface area contributed by atoms with E-state index in [4.69, 9.17) is 5.73 Å². The number of amides is 1. The molecule has 1 amide bonds. The first-order valence-electron chi connectivity index (χ1n) is 6.70. The molecule has 0 aliphatic carbocycles. The highest BCUT2D eigenvalue weighted by atomic mass is 32.2. The SMILES string of the molecule is CCc1cccc(C)c1Nc1nnc(SCCC(N)=O)s1. The molecule has 1 aromatic heterocycles. The second-order valence-corrected chi connectivity index (χ2v) is 6.85. The van der Waals surface area contributed by atoms with Crippen molar-refractivity contribution in [3.8, 4) is 0 Å². The zero-order valence-electron chi connectivity index (χ0n) is 12.0. The van der Waals surface area contributed by atoms with E-state index in [9.17, 15) is 4.79 Å². The fourth-order valence-electron chi connectivity index (χ4n) is 1.87. The third-order valence-corrected chi connectivity index (χ3v) is 4.93. The minimum absolute atomic E-state index is 0.294. The summed E-state index contributed by atoms with van der Waals surface area (Å²) in [7, 11) is 0. The van der Waals surface area contributed by atoms with Crippen LogP contribution in [0.2, 0.25) is 0 Å². The van der Waals surface area contributed by atoms with Gasteiger partial charge in [-0.3, -0.25) is 4.79 Å². The van der Waals surface area contributed by atoms with E-state index in [0.29, 0.717) is 12.2 Å². The number of para-hydroxylation sites is 1. The van der Waals surface area contributed by atoms with Crippen LogP contribution in [-0.2, 0) is 11.2 Å². The average Bonchev–Trinajstić information content (AvgIpc) is 2.88. The van der Waals surface area contributed by atoms with Crippen molar-refractivity contribution < 1.29 is 4.79 Å². The molecule has 7 heteroatoms. The van der Waals surface area contributed by atoms with Crippen LogP contribution in [0.25, 0.3) is 0 Å². The van der Waals surface area contributed by atoms with Gasteiger partial charge in [0.05, 0.1) is 0 Å². The Morgan fingerprint density at radius 2 is 2.24 bits per heavy atom. The number of anilines is 2. The quantitative estimate of drug-likeness (QED) is 0.766. The molecule has 0 radical (unpaired) electrons. The molecule has 2 rings (SSSR count). The highest BCUT2D eigenvalue weighted by molar-refractivity contribution is 8.01. The molecule has 0 atom stereocenters. The van der Waals surface area contributed by atoms with E-state index in [0.717, 1.165) is 21.6 Å². The number of nitrogens with one attached hydrogen (secondary N) is 1. The van der Waals surface area contributed by atoms with Crippen molar-refractivity contribution in [1.82, 2.24) is 10.2 Å². The number of aromatic nitrogens is 2. The van der Waals surface area contributed by atoms with Gasteiger partial charge in [0.15, 0.2) is 4.34 Å². The number of nitrogens with two attached hydrogens (primary N) is 1. The molecule has 0 fully saturated rings. The number of aryl methyl sites for hydroxylation is 2. The van der Waals surface area contributed by atoms with Gasteiger partial charge in [0.2, 0.25) is 11.0 Å². The lowest BCUT2D eigenvalue weighted by molar-refractivity contribution is -0.117. The summed E-state index contributed by atoms with van der Waals surface area (Å²) in [5, 5.41) is 12.4. The molecule has 1 aromatic carbocycles. The average molecular weight is 322 g/mol. The molecule has 1 heterocycles. The fraction of sp³-hybridized carbons (Fsp3) is 0.357. The van der Waals surface area contributed by atoms with Crippen LogP contribution in [0, 0.1) is 6.92 Å². The van der Waals surface area contributed by atoms with Crippen LogP contribution in [0.4, 0.5) is 10.8 Å². The summed E-state index contributed by atoms with van der Waals surface area (Å²) in [5.41, 5.74) is 8.66. The predicted molar refractivity (Wildman–Crippen MR) is 88.3 cm³/mol. The maximum absolute atomic E-state index is 10.7. The Hall–Kier alpha value is -1.60. The monoisotopic (exact) mass is 322 g/mol. The number of hydrogen-bond donors (Lipinski definition) is 2. The van der Waals surface area contributed by atoms with Gasteiger partial charge >= 0.3 is 0 Å². The van der Waals surface area contributed by atoms with Crippen LogP contribution >= 0.6 is 23.1 Å². The Bertz CT molecular complexity index is 627. The van der Waals surface area contributed by atoms with Crippen LogP contribution in [-0.4, -0.2) is 21.9 Å². The van der Waals surface area contributed by atoms with E-state index < -0.39 is 0 Å². The Balaban J connectivity index is 2.04. The zero-order valence-corrected chi connectivity index (χ0v) is 13.7. The van der Waals surface area contributed by atoms with E-state index >= 15 is 0 Å². The van der Waals surface area contributed by atoms with Gasteiger partial charge in [0.1, 0.15) is 0 Å². The van der Waals surface area contributed by atoms with Gasteiger partial charge in [-0.15, -0.1) is 10.2 Å². The zero-order chi connectivity index (χ0) is 15.2. The maximum atomic E-state index is 10.7. The first-order chi connectivity index (χ1) is 10.1. The second-order valence-electron chi connectivity index (χ2n) is 4.53. The number of carbonyl (C=O) groups is 1. The van der Waals surface area contributed by atoms with Crippen molar-refractivity contribution in [3.63, 3.8) is 0 Å². The standard InChI is InChI=1S/C14H18N4OS2/c1-3-10-6-4-5-9(2)12(10)16-13-17-18-14(21-13)20-8-7-11(15)19/h4-6H,3,7-8H2,1-2H3,(H2,15,19)(H,16,17). The topological polar surface area (TPSA) is 80.9 Å². The van der Waals surface area contributed by atoms with Crippen molar-refractivity contribution >= 4 is 39.8 Å². The Morgan fingerprint density at radius 1 is 1.43 bits per heavy atom. The minimum atomic E-state index is -0.294. The van der Waals surface area contributed by atoms with Gasteiger partial charge < -0.3 is 11.1 Å². The largest absolute Gasteiger partial charge is 0.370 e. The highest BCUT2D eigenvalue weighted by Gasteiger charge is 2.09. The van der Waals surface area contributed by atoms with E-state index in [2.05, 4.69) is 47.6 Å². The van der Waals surface area contributed by atoms with Crippen molar-refractivity contribution in [1.29, 1.82) is 0 Å². The molecule has 112 valence electrons. The number of hydrogen-bond acceptors (Lipinski definition) is 6. The normalized spacial score (nSPS) is 10.6. The van der Waals surface area contributed by atoms with Gasteiger partial charge in [-0.05, 0) is 24.5 Å². The number of nitrogens with zero attached hydrogens (tertiary/aromatic N) is 2. The Morgan fingerprint density at radius 3 is 2.95 bits per heavy atom. The third kappa shape index (κ3) is 4.44. The van der Waals surface area contributed by atoms with Gasteiger partial charge in [-0.25, -0.2) is 0 Å². The molecule has 21 heavy (non-hydrogen) atoms. The summed E-state index contributed by atoms with van der Waals surface area (Å²) in [5.74, 6) is 0.340. The molecular weight excluding hydrogens is 304 g/mol. The van der Waals surface area contributed by atoms with Crippen molar-refractivity contribution in [2.75, 3.05) is 11.1 Å². The van der Waals surface area contributed by atoms with Gasteiger partial charge in [0, 0.05) is 17.9 Å². The van der Waals surface area contributed by atoms with Crippen molar-refractivity contribution in [2.45, 2.75) is 31.0 Å². The number of thioether (sulfide) groups is 1. The molecule has 0 spiro atoms. The molecule has 0 unspecified atom stereocenters. The summed E-state index contributed by atoms with van der Waals surface area (Å²) in [6, 6.07) is 6.24. The number of benzene rings is 1. The van der Waals surface area contributed by atoms with Crippen LogP contribution in [0.5, 0.6) is 0 Å². The Kier molecular flexibility index (Phi) is 5.58. The van der Waals surface area contributed by atoms with E-state index in [1.54, 1.807) is 0 Å². The lowest BCUT2D eigenvalue weighted by Crippen LogP contribution is -2.10. The van der Waals surface area contributed by atoms with Crippen molar-refractivity contribution in [2.24, 2.45) is 5.73 Å². The summed E-state index contributed by atoms with van der Waals surface area (Å²) in [4.78, 5) is 10.7. The van der Waals surface area contributed by atoms with Gasteiger partial charge in [-0.1, -0.05) is 48.2 Å². The van der Waals surface area contributed by atoms with E-state index in [1.165, 1.54) is 34.2 Å². The molecule has 0 saturated carbocycles. The first kappa shape index (κ1) is 15.8. The maximum Gasteiger partial charge on any atom is 0.218 e. The summed E-state index contributed by atoms with van der Waals surface area (Å²) >= 11 is 2.98. The van der Waals surface area contributed by atoms with Crippen LogP contribution in [0.1, 0.15) is 24.5 Å². The number of carbonyl (C=O) groups excluding carboxylic acids is 1. The molecule has 5 nitrogen and oxygen atoms in total. The van der Waals surface area contributed by atoms with Crippen LogP contribution < -0.4 is 11.1 Å². The summed E-state index contributed by atoms with van der Waals surface area (Å²) in [6.07, 6.45) is 1.31. The highest BCUT2D eigenvalue weighted by Crippen LogP contribution is 2.30. The van der Waals surface area contributed by atoms with Crippen LogP contribution in [0.3, 0.4) is 0 Å². The van der Waals surface area contributed by atoms with E-state index in [1.807, 2.05) is 0 Å². The first-order valence-corrected chi connectivity index (χ1v) is 8.50. The van der Waals surface area contributed by atoms with E-state index in [-0.39, 0.29) is 5.91 Å². The fourth-order valence-corrected chi connectivity index (χ4v) is 3.65. The second kappa shape index (κ2) is 7.42. The molecule has 0 saturated heterocycles. The molecule has 0 bridgehead atoms. The van der Waals surface area contributed by atoms with Crippen molar-refractivity contribution in [3.05, 3.63) is 29.3 Å². The third-order valence-electron chi connectivity index (χ3n) is 2.95. The Labute approximate surface area is 132 Å². The predicted octanol–water partition coefficient (Wildman–Crippen LogP) is 3.12. The lowest BCUT2D eigenvalue weighted by Gasteiger charge is -2.11. The number of rotatable bonds is 7. The van der Waals surface area contributed by atoms with Gasteiger partial charge in [-0.2, -0.15) is 0 Å². The lowest BCUT2D eigenvalue weighted by atomic mass is 10.1. The molecular formula is C14H18N4OS2. The van der Waals surface area contributed by atoms with Gasteiger partial charge in [0.25, 0.3) is 0 Å². The summed E-state index contributed by atoms with van der Waals surface area (Å²) in [6.45, 7) is 4.20. The molecule has 0 aliphatic rings. The number of primary amides is 1. The van der Waals surface area contributed by atoms with Crippen LogP contribution in [0.15, 0.2) is 22.5 Å². The molecule has 0 aliphatic heterocycles. The smallest absolute Gasteiger partial charge is 0.218 e.